The van der Waals surface area contributed by atoms with Crippen molar-refractivity contribution >= 4 is 0 Å². The monoisotopic (exact) mass is 234 g/mol. The van der Waals surface area contributed by atoms with Crippen LogP contribution in [-0.4, -0.2) is 0 Å². The van der Waals surface area contributed by atoms with Gasteiger partial charge in [-0.15, -0.1) is 0 Å². The summed E-state index contributed by atoms with van der Waals surface area (Å²) in [6.45, 7) is 1.89. The molecule has 3 heteroatoms. The van der Waals surface area contributed by atoms with E-state index in [0.29, 0.717) is 22.6 Å². The van der Waals surface area contributed by atoms with Gasteiger partial charge in [-0.3, -0.25) is 0 Å². The van der Waals surface area contributed by atoms with E-state index in [4.69, 9.17) is 15.3 Å². The van der Waals surface area contributed by atoms with E-state index in [1.165, 1.54) is 0 Å². The molecule has 3 nitrogen and oxygen atoms in total. The highest BCUT2D eigenvalue weighted by atomic mass is 16.5. The molecule has 0 bridgehead atoms. The molecule has 2 aromatic rings. The summed E-state index contributed by atoms with van der Waals surface area (Å²) in [4.78, 5) is 0. The zero-order chi connectivity index (χ0) is 13.0. The topological polar surface area (TPSA) is 56.8 Å². The van der Waals surface area contributed by atoms with Crippen LogP contribution in [0.3, 0.4) is 0 Å². The molecule has 0 aliphatic rings. The Morgan fingerprint density at radius 1 is 0.944 bits per heavy atom. The van der Waals surface area contributed by atoms with Crippen LogP contribution in [0.1, 0.15) is 16.7 Å². The first-order valence-corrected chi connectivity index (χ1v) is 5.42. The first kappa shape index (κ1) is 11.7. The molecule has 0 atom stereocenters. The van der Waals surface area contributed by atoms with Gasteiger partial charge in [-0.1, -0.05) is 18.2 Å². The number of ether oxygens (including phenoxy) is 1. The summed E-state index contributed by atoms with van der Waals surface area (Å²) in [6, 6.07) is 16.4. The molecule has 0 amide bonds. The quantitative estimate of drug-likeness (QED) is 0.798. The minimum absolute atomic E-state index is 0.472. The molecule has 2 aromatic carbocycles. The fourth-order valence-electron chi connectivity index (χ4n) is 1.55. The number of aryl methyl sites for hydroxylation is 1. The lowest BCUT2D eigenvalue weighted by molar-refractivity contribution is 0.477. The van der Waals surface area contributed by atoms with Crippen LogP contribution in [0.15, 0.2) is 42.5 Å². The average Bonchev–Trinajstić information content (AvgIpc) is 2.42. The Balaban J connectivity index is 2.41. The van der Waals surface area contributed by atoms with Gasteiger partial charge < -0.3 is 4.74 Å². The second-order valence-corrected chi connectivity index (χ2v) is 3.80. The van der Waals surface area contributed by atoms with Gasteiger partial charge in [-0.25, -0.2) is 0 Å². The zero-order valence-corrected chi connectivity index (χ0v) is 9.84. The SMILES string of the molecule is Cc1ccc(C#N)cc1Oc1ccccc1C#N. The van der Waals surface area contributed by atoms with Gasteiger partial charge in [0, 0.05) is 0 Å². The zero-order valence-electron chi connectivity index (χ0n) is 9.84. The third kappa shape index (κ3) is 2.31. The summed E-state index contributed by atoms with van der Waals surface area (Å²) in [6.07, 6.45) is 0. The van der Waals surface area contributed by atoms with Gasteiger partial charge in [0.25, 0.3) is 0 Å². The van der Waals surface area contributed by atoms with Crippen LogP contribution >= 0.6 is 0 Å². The van der Waals surface area contributed by atoms with Crippen molar-refractivity contribution < 1.29 is 4.74 Å². The van der Waals surface area contributed by atoms with Gasteiger partial charge in [0.15, 0.2) is 0 Å². The number of hydrogen-bond donors (Lipinski definition) is 0. The molecule has 0 radical (unpaired) electrons. The number of benzene rings is 2. The number of para-hydroxylation sites is 1. The summed E-state index contributed by atoms with van der Waals surface area (Å²) in [5.41, 5.74) is 1.92. The van der Waals surface area contributed by atoms with Crippen LogP contribution in [0.25, 0.3) is 0 Å². The third-order valence-electron chi connectivity index (χ3n) is 2.54. The normalized spacial score (nSPS) is 9.28. The standard InChI is InChI=1S/C15H10N2O/c1-11-6-7-12(9-16)8-15(11)18-14-5-3-2-4-13(14)10-17/h2-8H,1H3. The predicted octanol–water partition coefficient (Wildman–Crippen LogP) is 3.53. The van der Waals surface area contributed by atoms with Crippen molar-refractivity contribution in [3.05, 3.63) is 59.2 Å². The van der Waals surface area contributed by atoms with Crippen LogP contribution in [0.2, 0.25) is 0 Å². The molecule has 0 heterocycles. The van der Waals surface area contributed by atoms with E-state index in [9.17, 15) is 0 Å². The van der Waals surface area contributed by atoms with Crippen molar-refractivity contribution in [2.45, 2.75) is 6.92 Å². The molecule has 0 fully saturated rings. The molecule has 0 aromatic heterocycles. The molecular weight excluding hydrogens is 224 g/mol. The number of rotatable bonds is 2. The smallest absolute Gasteiger partial charge is 0.145 e. The van der Waals surface area contributed by atoms with Crippen molar-refractivity contribution in [1.29, 1.82) is 10.5 Å². The van der Waals surface area contributed by atoms with E-state index in [-0.39, 0.29) is 0 Å². The maximum atomic E-state index is 8.98. The van der Waals surface area contributed by atoms with Crippen molar-refractivity contribution in [1.82, 2.24) is 0 Å². The molecule has 2 rings (SSSR count). The van der Waals surface area contributed by atoms with Gasteiger partial charge in [0.1, 0.15) is 17.6 Å². The van der Waals surface area contributed by atoms with Crippen LogP contribution in [0, 0.1) is 29.6 Å². The van der Waals surface area contributed by atoms with Gasteiger partial charge in [-0.2, -0.15) is 10.5 Å². The highest BCUT2D eigenvalue weighted by Gasteiger charge is 2.06. The Morgan fingerprint density at radius 2 is 1.72 bits per heavy atom. The van der Waals surface area contributed by atoms with Crippen LogP contribution in [0.4, 0.5) is 0 Å². The number of hydrogen-bond acceptors (Lipinski definition) is 3. The van der Waals surface area contributed by atoms with Gasteiger partial charge >= 0.3 is 0 Å². The number of nitrogens with zero attached hydrogens (tertiary/aromatic N) is 2. The summed E-state index contributed by atoms with van der Waals surface area (Å²) in [5, 5.41) is 17.8. The Morgan fingerprint density at radius 3 is 2.44 bits per heavy atom. The molecule has 0 N–H and O–H groups in total. The maximum absolute atomic E-state index is 8.98. The minimum atomic E-state index is 0.472. The van der Waals surface area contributed by atoms with Gasteiger partial charge in [-0.05, 0) is 36.8 Å². The van der Waals surface area contributed by atoms with Crippen LogP contribution in [-0.2, 0) is 0 Å². The number of nitriles is 2. The summed E-state index contributed by atoms with van der Waals surface area (Å²) >= 11 is 0. The van der Waals surface area contributed by atoms with E-state index in [0.717, 1.165) is 5.56 Å². The lowest BCUT2D eigenvalue weighted by atomic mass is 10.1. The predicted molar refractivity (Wildman–Crippen MR) is 67.1 cm³/mol. The second-order valence-electron chi connectivity index (χ2n) is 3.80. The lowest BCUT2D eigenvalue weighted by Gasteiger charge is -2.09. The summed E-state index contributed by atoms with van der Waals surface area (Å²) in [5.74, 6) is 1.09. The lowest BCUT2D eigenvalue weighted by Crippen LogP contribution is -1.91. The highest BCUT2D eigenvalue weighted by molar-refractivity contribution is 5.48. The van der Waals surface area contributed by atoms with Crippen molar-refractivity contribution in [3.63, 3.8) is 0 Å². The van der Waals surface area contributed by atoms with Crippen LogP contribution in [0.5, 0.6) is 11.5 Å². The van der Waals surface area contributed by atoms with E-state index in [1.807, 2.05) is 13.0 Å². The molecule has 0 unspecified atom stereocenters. The Bertz CT molecular complexity index is 663. The molecule has 18 heavy (non-hydrogen) atoms. The summed E-state index contributed by atoms with van der Waals surface area (Å²) < 4.78 is 5.70. The van der Waals surface area contributed by atoms with Gasteiger partial charge in [0.05, 0.1) is 17.2 Å². The largest absolute Gasteiger partial charge is 0.456 e. The Hall–Kier alpha value is -2.78. The fraction of sp³-hybridized carbons (Fsp3) is 0.0667. The van der Waals surface area contributed by atoms with Crippen molar-refractivity contribution in [2.24, 2.45) is 0 Å². The minimum Gasteiger partial charge on any atom is -0.456 e. The molecule has 0 aliphatic heterocycles. The van der Waals surface area contributed by atoms with E-state index in [2.05, 4.69) is 12.1 Å². The van der Waals surface area contributed by atoms with Crippen molar-refractivity contribution in [2.75, 3.05) is 0 Å². The maximum Gasteiger partial charge on any atom is 0.145 e. The Labute approximate surface area is 105 Å². The molecule has 0 saturated heterocycles. The van der Waals surface area contributed by atoms with Gasteiger partial charge in [0.2, 0.25) is 0 Å². The second kappa shape index (κ2) is 5.03. The fourth-order valence-corrected chi connectivity index (χ4v) is 1.55. The third-order valence-corrected chi connectivity index (χ3v) is 2.54. The Kier molecular flexibility index (Phi) is 3.27. The molecular formula is C15H10N2O. The van der Waals surface area contributed by atoms with Crippen LogP contribution < -0.4 is 4.74 Å². The molecule has 0 aliphatic carbocycles. The van der Waals surface area contributed by atoms with E-state index in [1.54, 1.807) is 36.4 Å². The molecule has 86 valence electrons. The first-order valence-electron chi connectivity index (χ1n) is 5.42. The molecule has 0 spiro atoms. The highest BCUT2D eigenvalue weighted by Crippen LogP contribution is 2.28. The summed E-state index contributed by atoms with van der Waals surface area (Å²) in [7, 11) is 0. The average molecular weight is 234 g/mol. The van der Waals surface area contributed by atoms with E-state index < -0.39 is 0 Å². The van der Waals surface area contributed by atoms with E-state index >= 15 is 0 Å². The molecule has 0 saturated carbocycles. The van der Waals surface area contributed by atoms with Crippen molar-refractivity contribution in [3.8, 4) is 23.6 Å². The first-order chi connectivity index (χ1) is 8.74.